The quantitative estimate of drug-likeness (QED) is 0.791. The van der Waals surface area contributed by atoms with E-state index in [1.54, 1.807) is 6.07 Å². The molecule has 0 atom stereocenters. The maximum Gasteiger partial charge on any atom is 0.249 e. The van der Waals surface area contributed by atoms with Crippen LogP contribution in [0.2, 0.25) is 0 Å². The van der Waals surface area contributed by atoms with Crippen molar-refractivity contribution in [3.05, 3.63) is 40.8 Å². The molecule has 3 N–H and O–H groups in total. The van der Waals surface area contributed by atoms with Gasteiger partial charge in [0.1, 0.15) is 5.82 Å². The zero-order chi connectivity index (χ0) is 12.7. The van der Waals surface area contributed by atoms with Crippen molar-refractivity contribution in [2.75, 3.05) is 6.54 Å². The molecule has 5 heteroatoms. The van der Waals surface area contributed by atoms with Crippen molar-refractivity contribution in [1.29, 1.82) is 0 Å². The lowest BCUT2D eigenvalue weighted by Gasteiger charge is -2.20. The van der Waals surface area contributed by atoms with Gasteiger partial charge in [0.05, 0.1) is 11.1 Å². The summed E-state index contributed by atoms with van der Waals surface area (Å²) in [5.41, 5.74) is 8.12. The molecule has 0 unspecified atom stereocenters. The highest BCUT2D eigenvalue weighted by molar-refractivity contribution is 6.07. The summed E-state index contributed by atoms with van der Waals surface area (Å²) < 4.78 is 13.3. The fraction of sp³-hybridized carbons (Fsp3) is 0.231. The monoisotopic (exact) mass is 245 g/mol. The van der Waals surface area contributed by atoms with E-state index in [4.69, 9.17) is 5.73 Å². The number of pyridine rings is 1. The molecule has 0 saturated carbocycles. The number of carbonyl (C=O) groups is 1. The van der Waals surface area contributed by atoms with Crippen LogP contribution in [0.15, 0.2) is 18.2 Å². The van der Waals surface area contributed by atoms with Crippen LogP contribution in [-0.2, 0) is 13.0 Å². The minimum Gasteiger partial charge on any atom is -0.366 e. The zero-order valence-electron chi connectivity index (χ0n) is 9.66. The number of aromatic nitrogens is 1. The molecule has 0 fully saturated rings. The Balaban J connectivity index is 2.41. The SMILES string of the molecule is NC(=O)c1c2c(nc3ccc(F)cc13)CCNC2. The summed E-state index contributed by atoms with van der Waals surface area (Å²) in [5, 5.41) is 3.66. The molecular formula is C13H12FN3O. The number of rotatable bonds is 1. The molecule has 1 aromatic heterocycles. The first kappa shape index (κ1) is 11.1. The van der Waals surface area contributed by atoms with Gasteiger partial charge in [-0.2, -0.15) is 0 Å². The number of carbonyl (C=O) groups excluding carboxylic acids is 1. The summed E-state index contributed by atoms with van der Waals surface area (Å²) in [6.45, 7) is 1.37. The normalized spacial score (nSPS) is 14.5. The minimum atomic E-state index is -0.534. The van der Waals surface area contributed by atoms with Crippen molar-refractivity contribution in [2.24, 2.45) is 5.73 Å². The van der Waals surface area contributed by atoms with Crippen molar-refractivity contribution in [2.45, 2.75) is 13.0 Å². The molecule has 0 radical (unpaired) electrons. The van der Waals surface area contributed by atoms with Crippen molar-refractivity contribution in [3.8, 4) is 0 Å². The Morgan fingerprint density at radius 3 is 3.06 bits per heavy atom. The van der Waals surface area contributed by atoms with E-state index >= 15 is 0 Å². The molecule has 3 rings (SSSR count). The van der Waals surface area contributed by atoms with Gasteiger partial charge < -0.3 is 11.1 Å². The third-order valence-corrected chi connectivity index (χ3v) is 3.22. The second-order valence-corrected chi connectivity index (χ2v) is 4.36. The number of nitrogens with two attached hydrogens (primary N) is 1. The number of halogens is 1. The number of primary amides is 1. The third kappa shape index (κ3) is 1.64. The Labute approximate surface area is 103 Å². The molecule has 1 amide bonds. The molecule has 4 nitrogen and oxygen atoms in total. The summed E-state index contributed by atoms with van der Waals surface area (Å²) in [6.07, 6.45) is 0.753. The van der Waals surface area contributed by atoms with Crippen LogP contribution in [-0.4, -0.2) is 17.4 Å². The number of nitrogens with zero attached hydrogens (tertiary/aromatic N) is 1. The third-order valence-electron chi connectivity index (χ3n) is 3.22. The van der Waals surface area contributed by atoms with Gasteiger partial charge in [0, 0.05) is 36.2 Å². The number of hydrogen-bond acceptors (Lipinski definition) is 3. The molecule has 2 aromatic rings. The van der Waals surface area contributed by atoms with Crippen LogP contribution >= 0.6 is 0 Å². The molecule has 0 aliphatic carbocycles. The van der Waals surface area contributed by atoms with Gasteiger partial charge in [-0.25, -0.2) is 4.39 Å². The Kier molecular flexibility index (Phi) is 2.48. The van der Waals surface area contributed by atoms with Crippen LogP contribution in [0, 0.1) is 5.82 Å². The number of hydrogen-bond donors (Lipinski definition) is 2. The molecule has 92 valence electrons. The van der Waals surface area contributed by atoms with E-state index < -0.39 is 11.7 Å². The maximum absolute atomic E-state index is 13.3. The minimum absolute atomic E-state index is 0.390. The van der Waals surface area contributed by atoms with Crippen LogP contribution in [0.1, 0.15) is 21.6 Å². The van der Waals surface area contributed by atoms with Gasteiger partial charge in [0.25, 0.3) is 0 Å². The molecule has 0 saturated heterocycles. The standard InChI is InChI=1S/C13H12FN3O/c14-7-1-2-10-8(5-7)12(13(15)18)9-6-16-4-3-11(9)17-10/h1-2,5,16H,3-4,6H2,(H2,15,18). The maximum atomic E-state index is 13.3. The first-order chi connectivity index (χ1) is 8.66. The molecule has 2 heterocycles. The van der Waals surface area contributed by atoms with Crippen molar-refractivity contribution in [1.82, 2.24) is 10.3 Å². The summed E-state index contributed by atoms with van der Waals surface area (Å²) in [5.74, 6) is -0.927. The summed E-state index contributed by atoms with van der Waals surface area (Å²) in [7, 11) is 0. The van der Waals surface area contributed by atoms with Crippen molar-refractivity contribution < 1.29 is 9.18 Å². The first-order valence-corrected chi connectivity index (χ1v) is 5.78. The lowest BCUT2D eigenvalue weighted by molar-refractivity contribution is 0.100. The topological polar surface area (TPSA) is 68.0 Å². The molecule has 0 bridgehead atoms. The summed E-state index contributed by atoms with van der Waals surface area (Å²) >= 11 is 0. The second kappa shape index (κ2) is 4.03. The van der Waals surface area contributed by atoms with Crippen LogP contribution in [0.4, 0.5) is 4.39 Å². The number of fused-ring (bicyclic) bond motifs is 2. The number of nitrogens with one attached hydrogen (secondary N) is 1. The van der Waals surface area contributed by atoms with Crippen molar-refractivity contribution in [3.63, 3.8) is 0 Å². The average Bonchev–Trinajstić information content (AvgIpc) is 2.35. The van der Waals surface area contributed by atoms with E-state index in [2.05, 4.69) is 10.3 Å². The zero-order valence-corrected chi connectivity index (χ0v) is 9.66. The molecule has 1 aliphatic heterocycles. The largest absolute Gasteiger partial charge is 0.366 e. The molecule has 1 aromatic carbocycles. The fourth-order valence-electron chi connectivity index (χ4n) is 2.42. The highest BCUT2D eigenvalue weighted by Crippen LogP contribution is 2.26. The molecule has 0 spiro atoms. The molecule has 1 aliphatic rings. The van der Waals surface area contributed by atoms with Gasteiger partial charge in [-0.15, -0.1) is 0 Å². The fourth-order valence-corrected chi connectivity index (χ4v) is 2.42. The summed E-state index contributed by atoms with van der Waals surface area (Å²) in [4.78, 5) is 16.1. The lowest BCUT2D eigenvalue weighted by atomic mass is 9.96. The Morgan fingerprint density at radius 1 is 1.44 bits per heavy atom. The van der Waals surface area contributed by atoms with Gasteiger partial charge in [-0.05, 0) is 18.2 Å². The smallest absolute Gasteiger partial charge is 0.249 e. The van der Waals surface area contributed by atoms with Gasteiger partial charge in [-0.1, -0.05) is 0 Å². The van der Waals surface area contributed by atoms with Crippen LogP contribution in [0.3, 0.4) is 0 Å². The van der Waals surface area contributed by atoms with E-state index in [1.165, 1.54) is 12.1 Å². The predicted octanol–water partition coefficient (Wildman–Crippen LogP) is 1.12. The Bertz CT molecular complexity index is 654. The average molecular weight is 245 g/mol. The number of benzene rings is 1. The van der Waals surface area contributed by atoms with E-state index in [1.807, 2.05) is 0 Å². The van der Waals surface area contributed by atoms with E-state index in [0.717, 1.165) is 24.2 Å². The van der Waals surface area contributed by atoms with E-state index in [-0.39, 0.29) is 0 Å². The highest BCUT2D eigenvalue weighted by Gasteiger charge is 2.21. The molecular weight excluding hydrogens is 233 g/mol. The Morgan fingerprint density at radius 2 is 2.28 bits per heavy atom. The summed E-state index contributed by atoms with van der Waals surface area (Å²) in [6, 6.07) is 4.24. The lowest BCUT2D eigenvalue weighted by Crippen LogP contribution is -2.28. The second-order valence-electron chi connectivity index (χ2n) is 4.36. The van der Waals surface area contributed by atoms with Crippen LogP contribution < -0.4 is 11.1 Å². The number of amides is 1. The van der Waals surface area contributed by atoms with Gasteiger partial charge in [0.2, 0.25) is 5.91 Å². The van der Waals surface area contributed by atoms with Gasteiger partial charge in [0.15, 0.2) is 0 Å². The van der Waals surface area contributed by atoms with E-state index in [0.29, 0.717) is 23.0 Å². The molecule has 18 heavy (non-hydrogen) atoms. The van der Waals surface area contributed by atoms with Crippen LogP contribution in [0.25, 0.3) is 10.9 Å². The first-order valence-electron chi connectivity index (χ1n) is 5.78. The van der Waals surface area contributed by atoms with Crippen molar-refractivity contribution >= 4 is 16.8 Å². The Hall–Kier alpha value is -2.01. The van der Waals surface area contributed by atoms with Gasteiger partial charge >= 0.3 is 0 Å². The predicted molar refractivity (Wildman–Crippen MR) is 65.6 cm³/mol. The van der Waals surface area contributed by atoms with Crippen LogP contribution in [0.5, 0.6) is 0 Å². The van der Waals surface area contributed by atoms with E-state index in [9.17, 15) is 9.18 Å². The van der Waals surface area contributed by atoms with Gasteiger partial charge in [-0.3, -0.25) is 9.78 Å². The highest BCUT2D eigenvalue weighted by atomic mass is 19.1.